The number of aromatic nitrogens is 3. The van der Waals surface area contributed by atoms with E-state index in [2.05, 4.69) is 16.1 Å². The van der Waals surface area contributed by atoms with Gasteiger partial charge in [-0.25, -0.2) is 9.50 Å². The summed E-state index contributed by atoms with van der Waals surface area (Å²) >= 11 is 0. The molecule has 72 valence electrons. The van der Waals surface area contributed by atoms with E-state index in [4.69, 9.17) is 5.73 Å². The highest BCUT2D eigenvalue weighted by atomic mass is 15.3. The number of hydrogen-bond donors (Lipinski definition) is 1. The standard InChI is InChI=1S/C10H12N4/c11-5-7-4-8(7)9-2-1-3-10-12-6-13-14(9)10/h1-3,6-8H,4-5,11H2. The van der Waals surface area contributed by atoms with Crippen LogP contribution in [0.3, 0.4) is 0 Å². The Bertz CT molecular complexity index is 462. The molecule has 3 rings (SSSR count). The van der Waals surface area contributed by atoms with Gasteiger partial charge in [0.05, 0.1) is 0 Å². The van der Waals surface area contributed by atoms with Crippen molar-refractivity contribution >= 4 is 5.65 Å². The third-order valence-electron chi connectivity index (χ3n) is 2.94. The molecule has 2 N–H and O–H groups in total. The summed E-state index contributed by atoms with van der Waals surface area (Å²) in [6.07, 6.45) is 2.79. The molecular formula is C10H12N4. The second-order valence-corrected chi connectivity index (χ2v) is 3.82. The van der Waals surface area contributed by atoms with Crippen molar-refractivity contribution < 1.29 is 0 Å². The number of pyridine rings is 1. The summed E-state index contributed by atoms with van der Waals surface area (Å²) < 4.78 is 1.92. The summed E-state index contributed by atoms with van der Waals surface area (Å²) in [5.41, 5.74) is 7.80. The fourth-order valence-electron chi connectivity index (χ4n) is 2.02. The molecule has 2 atom stereocenters. The highest BCUT2D eigenvalue weighted by Crippen LogP contribution is 2.46. The maximum absolute atomic E-state index is 5.64. The van der Waals surface area contributed by atoms with Gasteiger partial charge in [-0.3, -0.25) is 0 Å². The van der Waals surface area contributed by atoms with Crippen LogP contribution in [-0.2, 0) is 0 Å². The second-order valence-electron chi connectivity index (χ2n) is 3.82. The second kappa shape index (κ2) is 2.78. The Labute approximate surface area is 81.8 Å². The van der Waals surface area contributed by atoms with Gasteiger partial charge in [0.25, 0.3) is 0 Å². The summed E-state index contributed by atoms with van der Waals surface area (Å²) in [6.45, 7) is 0.774. The molecule has 0 aromatic carbocycles. The normalized spacial score (nSPS) is 25.5. The lowest BCUT2D eigenvalue weighted by Crippen LogP contribution is -2.04. The Kier molecular flexibility index (Phi) is 1.58. The molecule has 1 saturated carbocycles. The Morgan fingerprint density at radius 1 is 1.50 bits per heavy atom. The maximum Gasteiger partial charge on any atom is 0.155 e. The quantitative estimate of drug-likeness (QED) is 0.758. The first kappa shape index (κ1) is 7.94. The van der Waals surface area contributed by atoms with E-state index in [-0.39, 0.29) is 0 Å². The van der Waals surface area contributed by atoms with E-state index in [0.29, 0.717) is 11.8 Å². The predicted octanol–water partition coefficient (Wildman–Crippen LogP) is 0.792. The van der Waals surface area contributed by atoms with Gasteiger partial charge in [0.15, 0.2) is 5.65 Å². The van der Waals surface area contributed by atoms with E-state index in [0.717, 1.165) is 12.2 Å². The first-order valence-corrected chi connectivity index (χ1v) is 4.89. The van der Waals surface area contributed by atoms with Gasteiger partial charge < -0.3 is 5.73 Å². The molecule has 0 radical (unpaired) electrons. The van der Waals surface area contributed by atoms with Gasteiger partial charge in [0.2, 0.25) is 0 Å². The number of nitrogens with two attached hydrogens (primary N) is 1. The largest absolute Gasteiger partial charge is 0.330 e. The minimum absolute atomic E-state index is 0.588. The van der Waals surface area contributed by atoms with Crippen molar-refractivity contribution in [2.45, 2.75) is 12.3 Å². The molecule has 0 aliphatic heterocycles. The van der Waals surface area contributed by atoms with Crippen molar-refractivity contribution in [2.24, 2.45) is 11.7 Å². The highest BCUT2D eigenvalue weighted by molar-refractivity contribution is 5.39. The predicted molar refractivity (Wildman–Crippen MR) is 52.9 cm³/mol. The number of nitrogens with zero attached hydrogens (tertiary/aromatic N) is 3. The van der Waals surface area contributed by atoms with Crippen molar-refractivity contribution in [1.29, 1.82) is 0 Å². The topological polar surface area (TPSA) is 56.2 Å². The van der Waals surface area contributed by atoms with Crippen LogP contribution in [-0.4, -0.2) is 21.1 Å². The van der Waals surface area contributed by atoms with Crippen molar-refractivity contribution in [2.75, 3.05) is 6.54 Å². The Balaban J connectivity index is 2.08. The molecule has 0 spiro atoms. The van der Waals surface area contributed by atoms with Gasteiger partial charge in [-0.15, -0.1) is 0 Å². The average molecular weight is 188 g/mol. The van der Waals surface area contributed by atoms with E-state index in [1.54, 1.807) is 6.33 Å². The zero-order valence-corrected chi connectivity index (χ0v) is 7.80. The molecule has 2 unspecified atom stereocenters. The van der Waals surface area contributed by atoms with Gasteiger partial charge in [0.1, 0.15) is 6.33 Å². The Hall–Kier alpha value is -1.42. The number of rotatable bonds is 2. The smallest absolute Gasteiger partial charge is 0.155 e. The molecule has 0 amide bonds. The highest BCUT2D eigenvalue weighted by Gasteiger charge is 2.38. The van der Waals surface area contributed by atoms with Crippen molar-refractivity contribution in [3.63, 3.8) is 0 Å². The van der Waals surface area contributed by atoms with Crippen LogP contribution in [0.15, 0.2) is 24.5 Å². The fraction of sp³-hybridized carbons (Fsp3) is 0.400. The zero-order chi connectivity index (χ0) is 9.54. The van der Waals surface area contributed by atoms with Crippen LogP contribution in [0.1, 0.15) is 18.0 Å². The lowest BCUT2D eigenvalue weighted by molar-refractivity contribution is 0.767. The summed E-state index contributed by atoms with van der Waals surface area (Å²) in [4.78, 5) is 4.16. The van der Waals surface area contributed by atoms with Crippen molar-refractivity contribution in [3.8, 4) is 0 Å². The summed E-state index contributed by atoms with van der Waals surface area (Å²) in [5.74, 6) is 1.23. The molecule has 1 aliphatic rings. The monoisotopic (exact) mass is 188 g/mol. The van der Waals surface area contributed by atoms with Crippen LogP contribution in [0.4, 0.5) is 0 Å². The van der Waals surface area contributed by atoms with Crippen molar-refractivity contribution in [1.82, 2.24) is 14.6 Å². The maximum atomic E-state index is 5.64. The zero-order valence-electron chi connectivity index (χ0n) is 7.80. The summed E-state index contributed by atoms with van der Waals surface area (Å²) in [7, 11) is 0. The van der Waals surface area contributed by atoms with E-state index < -0.39 is 0 Å². The minimum atomic E-state index is 0.588. The van der Waals surface area contributed by atoms with Gasteiger partial charge in [-0.05, 0) is 31.0 Å². The van der Waals surface area contributed by atoms with Crippen LogP contribution in [0.5, 0.6) is 0 Å². The van der Waals surface area contributed by atoms with Gasteiger partial charge in [-0.2, -0.15) is 5.10 Å². The molecule has 4 heteroatoms. The van der Waals surface area contributed by atoms with Gasteiger partial charge >= 0.3 is 0 Å². The van der Waals surface area contributed by atoms with E-state index in [1.807, 2.05) is 16.6 Å². The summed E-state index contributed by atoms with van der Waals surface area (Å²) in [5, 5.41) is 4.21. The first-order chi connectivity index (χ1) is 6.90. The van der Waals surface area contributed by atoms with E-state index in [1.165, 1.54) is 12.1 Å². The lowest BCUT2D eigenvalue weighted by atomic mass is 10.2. The van der Waals surface area contributed by atoms with Crippen LogP contribution < -0.4 is 5.73 Å². The molecule has 2 heterocycles. The SMILES string of the molecule is NCC1CC1c1cccc2ncnn12. The lowest BCUT2D eigenvalue weighted by Gasteiger charge is -2.01. The van der Waals surface area contributed by atoms with Crippen LogP contribution >= 0.6 is 0 Å². The first-order valence-electron chi connectivity index (χ1n) is 4.89. The van der Waals surface area contributed by atoms with E-state index in [9.17, 15) is 0 Å². The number of hydrogen-bond acceptors (Lipinski definition) is 3. The third-order valence-corrected chi connectivity index (χ3v) is 2.94. The average Bonchev–Trinajstić information content (AvgIpc) is 2.85. The molecule has 4 nitrogen and oxygen atoms in total. The molecule has 1 aliphatic carbocycles. The molecule has 0 saturated heterocycles. The molecule has 14 heavy (non-hydrogen) atoms. The van der Waals surface area contributed by atoms with E-state index >= 15 is 0 Å². The third kappa shape index (κ3) is 1.04. The Morgan fingerprint density at radius 2 is 2.43 bits per heavy atom. The fourth-order valence-corrected chi connectivity index (χ4v) is 2.02. The van der Waals surface area contributed by atoms with Crippen LogP contribution in [0, 0.1) is 5.92 Å². The molecule has 2 aromatic heterocycles. The molecule has 2 aromatic rings. The van der Waals surface area contributed by atoms with Crippen molar-refractivity contribution in [3.05, 3.63) is 30.2 Å². The molecule has 1 fully saturated rings. The van der Waals surface area contributed by atoms with Gasteiger partial charge in [-0.1, -0.05) is 6.07 Å². The summed E-state index contributed by atoms with van der Waals surface area (Å²) in [6, 6.07) is 6.11. The van der Waals surface area contributed by atoms with Gasteiger partial charge in [0, 0.05) is 11.6 Å². The van der Waals surface area contributed by atoms with Crippen LogP contribution in [0.2, 0.25) is 0 Å². The number of fused-ring (bicyclic) bond motifs is 1. The van der Waals surface area contributed by atoms with Crippen LogP contribution in [0.25, 0.3) is 5.65 Å². The molecular weight excluding hydrogens is 176 g/mol. The Morgan fingerprint density at radius 3 is 3.21 bits per heavy atom. The minimum Gasteiger partial charge on any atom is -0.330 e. The molecule has 0 bridgehead atoms.